The second-order valence-electron chi connectivity index (χ2n) is 6.54. The van der Waals surface area contributed by atoms with Crippen LogP contribution in [-0.2, 0) is 16.1 Å². The number of ether oxygens (including phenoxy) is 1. The van der Waals surface area contributed by atoms with Crippen LogP contribution in [0, 0.1) is 0 Å². The van der Waals surface area contributed by atoms with Gasteiger partial charge in [-0.3, -0.25) is 14.8 Å². The van der Waals surface area contributed by atoms with Crippen LogP contribution in [0.15, 0.2) is 12.4 Å². The molecule has 0 unspecified atom stereocenters. The summed E-state index contributed by atoms with van der Waals surface area (Å²) in [5.41, 5.74) is 1.94. The zero-order valence-electron chi connectivity index (χ0n) is 13.8. The highest BCUT2D eigenvalue weighted by Crippen LogP contribution is 2.27. The van der Waals surface area contributed by atoms with E-state index in [-0.39, 0.29) is 12.0 Å². The van der Waals surface area contributed by atoms with Crippen molar-refractivity contribution >= 4 is 5.91 Å². The number of nitrogens with one attached hydrogen (secondary N) is 1. The molecule has 0 aromatic carbocycles. The maximum atomic E-state index is 12.2. The van der Waals surface area contributed by atoms with Gasteiger partial charge in [-0.25, -0.2) is 0 Å². The number of piperidine rings is 1. The van der Waals surface area contributed by atoms with E-state index in [1.165, 1.54) is 0 Å². The average molecular weight is 318 g/mol. The summed E-state index contributed by atoms with van der Waals surface area (Å²) < 4.78 is 5.53. The number of rotatable bonds is 4. The molecule has 0 spiro atoms. The van der Waals surface area contributed by atoms with Crippen LogP contribution in [0.25, 0.3) is 0 Å². The first-order valence-corrected chi connectivity index (χ1v) is 8.61. The molecule has 0 radical (unpaired) electrons. The fraction of sp³-hybridized carbons (Fsp3) is 0.706. The predicted molar refractivity (Wildman–Crippen MR) is 86.9 cm³/mol. The fourth-order valence-electron chi connectivity index (χ4n) is 3.37. The third-order valence-corrected chi connectivity index (χ3v) is 4.81. The third-order valence-electron chi connectivity index (χ3n) is 4.81. The molecule has 1 N–H and O–H groups in total. The average Bonchev–Trinajstić information content (AvgIpc) is 2.61. The van der Waals surface area contributed by atoms with E-state index in [0.717, 1.165) is 56.6 Å². The van der Waals surface area contributed by atoms with Crippen molar-refractivity contribution in [3.8, 4) is 0 Å². The van der Waals surface area contributed by atoms with Crippen LogP contribution in [0.1, 0.15) is 49.4 Å². The van der Waals surface area contributed by atoms with Crippen molar-refractivity contribution in [2.45, 2.75) is 50.7 Å². The Bertz CT molecular complexity index is 523. The molecule has 1 aromatic heterocycles. The van der Waals surface area contributed by atoms with E-state index in [1.54, 1.807) is 12.4 Å². The van der Waals surface area contributed by atoms with Gasteiger partial charge in [-0.05, 0) is 52.2 Å². The van der Waals surface area contributed by atoms with E-state index >= 15 is 0 Å². The molecule has 23 heavy (non-hydrogen) atoms. The predicted octanol–water partition coefficient (Wildman–Crippen LogP) is 1.47. The fourth-order valence-corrected chi connectivity index (χ4v) is 3.37. The van der Waals surface area contributed by atoms with Crippen LogP contribution in [0.4, 0.5) is 0 Å². The molecule has 0 aliphatic carbocycles. The van der Waals surface area contributed by atoms with Crippen molar-refractivity contribution in [1.82, 2.24) is 20.2 Å². The van der Waals surface area contributed by atoms with Gasteiger partial charge in [0.1, 0.15) is 6.10 Å². The molecular weight excluding hydrogens is 292 g/mol. The van der Waals surface area contributed by atoms with Crippen LogP contribution < -0.4 is 5.32 Å². The summed E-state index contributed by atoms with van der Waals surface area (Å²) in [6.07, 6.45) is 8.28. The van der Waals surface area contributed by atoms with Crippen LogP contribution in [0.2, 0.25) is 0 Å². The Hall–Kier alpha value is -1.53. The van der Waals surface area contributed by atoms with Gasteiger partial charge in [0.2, 0.25) is 5.91 Å². The Morgan fingerprint density at radius 1 is 1.26 bits per heavy atom. The number of hydrogen-bond donors (Lipinski definition) is 1. The lowest BCUT2D eigenvalue weighted by Crippen LogP contribution is -2.38. The SMILES string of the molecule is CN1CCC(c2nccnc2CNC(=O)[C@H]2CCCCO2)CC1. The van der Waals surface area contributed by atoms with Crippen molar-refractivity contribution < 1.29 is 9.53 Å². The summed E-state index contributed by atoms with van der Waals surface area (Å²) in [7, 11) is 2.15. The molecule has 3 heterocycles. The molecule has 2 aliphatic heterocycles. The number of carbonyl (C=O) groups excluding carboxylic acids is 1. The van der Waals surface area contributed by atoms with Gasteiger partial charge in [0, 0.05) is 24.9 Å². The zero-order valence-corrected chi connectivity index (χ0v) is 13.8. The Labute approximate surface area is 137 Å². The first-order valence-electron chi connectivity index (χ1n) is 8.61. The van der Waals surface area contributed by atoms with Gasteiger partial charge < -0.3 is 15.0 Å². The summed E-state index contributed by atoms with van der Waals surface area (Å²) >= 11 is 0. The van der Waals surface area contributed by atoms with E-state index in [2.05, 4.69) is 27.2 Å². The van der Waals surface area contributed by atoms with Gasteiger partial charge in [0.05, 0.1) is 17.9 Å². The van der Waals surface area contributed by atoms with Crippen LogP contribution in [-0.4, -0.2) is 53.6 Å². The molecule has 126 valence electrons. The number of carbonyl (C=O) groups is 1. The summed E-state index contributed by atoms with van der Waals surface area (Å²) in [5.74, 6) is 0.419. The highest BCUT2D eigenvalue weighted by Gasteiger charge is 2.24. The molecule has 1 aromatic rings. The molecule has 6 heteroatoms. The third kappa shape index (κ3) is 4.26. The minimum absolute atomic E-state index is 0.0234. The molecular formula is C17H26N4O2. The lowest BCUT2D eigenvalue weighted by molar-refractivity contribution is -0.135. The normalized spacial score (nSPS) is 23.6. The number of hydrogen-bond acceptors (Lipinski definition) is 5. The maximum Gasteiger partial charge on any atom is 0.249 e. The molecule has 0 saturated carbocycles. The van der Waals surface area contributed by atoms with E-state index in [4.69, 9.17) is 4.74 Å². The standard InChI is InChI=1S/C17H26N4O2/c1-21-9-5-13(6-10-21)16-14(18-7-8-19-16)12-20-17(22)15-4-2-3-11-23-15/h7-8,13,15H,2-6,9-12H2,1H3,(H,20,22)/t15-/m1/s1. The smallest absolute Gasteiger partial charge is 0.249 e. The van der Waals surface area contributed by atoms with Gasteiger partial charge in [-0.1, -0.05) is 0 Å². The van der Waals surface area contributed by atoms with Crippen LogP contribution in [0.3, 0.4) is 0 Å². The highest BCUT2D eigenvalue weighted by atomic mass is 16.5. The van der Waals surface area contributed by atoms with Gasteiger partial charge >= 0.3 is 0 Å². The number of nitrogens with zero attached hydrogens (tertiary/aromatic N) is 3. The van der Waals surface area contributed by atoms with Gasteiger partial charge in [-0.15, -0.1) is 0 Å². The first-order chi connectivity index (χ1) is 11.2. The Kier molecular flexibility index (Phi) is 5.56. The lowest BCUT2D eigenvalue weighted by Gasteiger charge is -2.29. The quantitative estimate of drug-likeness (QED) is 0.910. The minimum atomic E-state index is -0.299. The molecule has 3 rings (SSSR count). The topological polar surface area (TPSA) is 67.4 Å². The van der Waals surface area contributed by atoms with Crippen LogP contribution in [0.5, 0.6) is 0 Å². The maximum absolute atomic E-state index is 12.2. The summed E-state index contributed by atoms with van der Waals surface area (Å²) in [6.45, 7) is 3.30. The van der Waals surface area contributed by atoms with Crippen molar-refractivity contribution in [1.29, 1.82) is 0 Å². The van der Waals surface area contributed by atoms with Gasteiger partial charge in [0.15, 0.2) is 0 Å². The second kappa shape index (κ2) is 7.84. The first kappa shape index (κ1) is 16.3. The largest absolute Gasteiger partial charge is 0.368 e. The number of aromatic nitrogens is 2. The van der Waals surface area contributed by atoms with Gasteiger partial charge in [0.25, 0.3) is 0 Å². The van der Waals surface area contributed by atoms with E-state index in [9.17, 15) is 4.79 Å². The molecule has 2 aliphatic rings. The van der Waals surface area contributed by atoms with Crippen molar-refractivity contribution in [2.75, 3.05) is 26.7 Å². The molecule has 6 nitrogen and oxygen atoms in total. The van der Waals surface area contributed by atoms with Crippen molar-refractivity contribution in [3.63, 3.8) is 0 Å². The second-order valence-corrected chi connectivity index (χ2v) is 6.54. The highest BCUT2D eigenvalue weighted by molar-refractivity contribution is 5.80. The van der Waals surface area contributed by atoms with Gasteiger partial charge in [-0.2, -0.15) is 0 Å². The van der Waals surface area contributed by atoms with Crippen LogP contribution >= 0.6 is 0 Å². The number of likely N-dealkylation sites (tertiary alicyclic amines) is 1. The van der Waals surface area contributed by atoms with E-state index < -0.39 is 0 Å². The monoisotopic (exact) mass is 318 g/mol. The number of amides is 1. The zero-order chi connectivity index (χ0) is 16.1. The lowest BCUT2D eigenvalue weighted by atomic mass is 9.92. The summed E-state index contributed by atoms with van der Waals surface area (Å²) in [4.78, 5) is 23.6. The minimum Gasteiger partial charge on any atom is -0.368 e. The molecule has 2 fully saturated rings. The molecule has 2 saturated heterocycles. The summed E-state index contributed by atoms with van der Waals surface area (Å²) in [6, 6.07) is 0. The summed E-state index contributed by atoms with van der Waals surface area (Å²) in [5, 5.41) is 2.98. The molecule has 0 bridgehead atoms. The molecule has 1 amide bonds. The van der Waals surface area contributed by atoms with Crippen molar-refractivity contribution in [3.05, 3.63) is 23.8 Å². The van der Waals surface area contributed by atoms with Crippen molar-refractivity contribution in [2.24, 2.45) is 0 Å². The Morgan fingerprint density at radius 3 is 2.78 bits per heavy atom. The van der Waals surface area contributed by atoms with E-state index in [0.29, 0.717) is 19.1 Å². The van der Waals surface area contributed by atoms with E-state index in [1.807, 2.05) is 0 Å². The Morgan fingerprint density at radius 2 is 2.04 bits per heavy atom. The Balaban J connectivity index is 1.60. The molecule has 1 atom stereocenters.